The Hall–Kier alpha value is -0.900. The second-order valence-electron chi connectivity index (χ2n) is 4.05. The molecule has 1 N–H and O–H groups in total. The Morgan fingerprint density at radius 2 is 2.18 bits per heavy atom. The Labute approximate surface area is 111 Å². The minimum Gasteiger partial charge on any atom is -0.312 e. The Balaban J connectivity index is 2.33. The molecule has 0 aliphatic carbocycles. The minimum absolute atomic E-state index is 0.279. The van der Waals surface area contributed by atoms with Gasteiger partial charge in [-0.05, 0) is 32.5 Å². The maximum atomic E-state index is 6.12. The lowest BCUT2D eigenvalue weighted by Gasteiger charge is -2.05. The van der Waals surface area contributed by atoms with E-state index in [1.54, 1.807) is 11.3 Å². The Morgan fingerprint density at radius 3 is 2.82 bits per heavy atom. The first kappa shape index (κ1) is 12.6. The molecule has 17 heavy (non-hydrogen) atoms. The van der Waals surface area contributed by atoms with E-state index >= 15 is 0 Å². The molecule has 0 saturated carbocycles. The van der Waals surface area contributed by atoms with E-state index < -0.39 is 0 Å². The van der Waals surface area contributed by atoms with Crippen LogP contribution in [0, 0.1) is 6.92 Å². The molecule has 2 aromatic rings. The zero-order chi connectivity index (χ0) is 12.4. The Morgan fingerprint density at radius 1 is 1.41 bits per heavy atom. The van der Waals surface area contributed by atoms with E-state index in [-0.39, 0.29) is 6.04 Å². The van der Waals surface area contributed by atoms with Crippen molar-refractivity contribution in [3.63, 3.8) is 0 Å². The van der Waals surface area contributed by atoms with Crippen molar-refractivity contribution in [1.29, 1.82) is 0 Å². The van der Waals surface area contributed by atoms with Crippen molar-refractivity contribution in [3.8, 4) is 10.6 Å². The first-order valence-corrected chi connectivity index (χ1v) is 6.77. The molecule has 2 rings (SSSR count). The maximum absolute atomic E-state index is 6.12. The highest BCUT2D eigenvalue weighted by Crippen LogP contribution is 2.29. The molecule has 0 amide bonds. The van der Waals surface area contributed by atoms with Crippen molar-refractivity contribution in [1.82, 2.24) is 10.3 Å². The molecule has 0 bridgehead atoms. The van der Waals surface area contributed by atoms with Crippen LogP contribution in [0.4, 0.5) is 0 Å². The predicted octanol–water partition coefficient (Wildman–Crippen LogP) is 4.05. The lowest BCUT2D eigenvalue weighted by molar-refractivity contribution is 0.637. The van der Waals surface area contributed by atoms with Crippen molar-refractivity contribution in [2.45, 2.75) is 19.9 Å². The number of aryl methyl sites for hydroxylation is 1. The summed E-state index contributed by atoms with van der Waals surface area (Å²) in [6.45, 7) is 4.10. The molecule has 2 nitrogen and oxygen atoms in total. The lowest BCUT2D eigenvalue weighted by Crippen LogP contribution is -2.12. The van der Waals surface area contributed by atoms with E-state index in [1.807, 2.05) is 26.1 Å². The molecule has 0 aliphatic heterocycles. The first-order valence-electron chi connectivity index (χ1n) is 5.51. The Kier molecular flexibility index (Phi) is 3.82. The third-order valence-corrected chi connectivity index (χ3v) is 4.13. The fraction of sp³-hybridized carbons (Fsp3) is 0.308. The molecule has 0 saturated heterocycles. The molecule has 1 unspecified atom stereocenters. The van der Waals surface area contributed by atoms with E-state index in [9.17, 15) is 0 Å². The molecule has 0 radical (unpaired) electrons. The molecule has 1 aromatic carbocycles. The van der Waals surface area contributed by atoms with Crippen LogP contribution in [0.1, 0.15) is 24.2 Å². The van der Waals surface area contributed by atoms with Crippen molar-refractivity contribution in [2.75, 3.05) is 7.05 Å². The third kappa shape index (κ3) is 2.68. The fourth-order valence-electron chi connectivity index (χ4n) is 1.49. The van der Waals surface area contributed by atoms with Gasteiger partial charge >= 0.3 is 0 Å². The van der Waals surface area contributed by atoms with Gasteiger partial charge in [0.2, 0.25) is 0 Å². The standard InChI is InChI=1S/C13H15ClN2S/c1-8-4-5-10(6-11(8)14)13-16-12(7-17-13)9(2)15-3/h4-7,9,15H,1-3H3. The monoisotopic (exact) mass is 266 g/mol. The van der Waals surface area contributed by atoms with Gasteiger partial charge in [0.05, 0.1) is 5.69 Å². The normalized spacial score (nSPS) is 12.7. The van der Waals surface area contributed by atoms with Gasteiger partial charge in [-0.2, -0.15) is 0 Å². The van der Waals surface area contributed by atoms with E-state index in [2.05, 4.69) is 28.7 Å². The smallest absolute Gasteiger partial charge is 0.123 e. The summed E-state index contributed by atoms with van der Waals surface area (Å²) in [4.78, 5) is 4.62. The SMILES string of the molecule is CNC(C)c1csc(-c2ccc(C)c(Cl)c2)n1. The van der Waals surface area contributed by atoms with Crippen molar-refractivity contribution < 1.29 is 0 Å². The van der Waals surface area contributed by atoms with Gasteiger partial charge in [0, 0.05) is 22.0 Å². The Bertz CT molecular complexity index is 522. The number of hydrogen-bond acceptors (Lipinski definition) is 3. The average molecular weight is 267 g/mol. The van der Waals surface area contributed by atoms with Crippen molar-refractivity contribution in [3.05, 3.63) is 39.9 Å². The molecule has 0 spiro atoms. The molecule has 4 heteroatoms. The molecule has 90 valence electrons. The topological polar surface area (TPSA) is 24.9 Å². The summed E-state index contributed by atoms with van der Waals surface area (Å²) < 4.78 is 0. The predicted molar refractivity (Wildman–Crippen MR) is 74.8 cm³/mol. The summed E-state index contributed by atoms with van der Waals surface area (Å²) in [7, 11) is 1.94. The van der Waals surface area contributed by atoms with Crippen LogP contribution < -0.4 is 5.32 Å². The quantitative estimate of drug-likeness (QED) is 0.907. The van der Waals surface area contributed by atoms with Gasteiger partial charge in [-0.15, -0.1) is 11.3 Å². The van der Waals surface area contributed by atoms with Gasteiger partial charge in [-0.1, -0.05) is 23.7 Å². The molecule has 1 heterocycles. The van der Waals surface area contributed by atoms with Crippen LogP contribution in [0.5, 0.6) is 0 Å². The summed E-state index contributed by atoms with van der Waals surface area (Å²) in [6, 6.07) is 6.35. The fourth-order valence-corrected chi connectivity index (χ4v) is 2.58. The van der Waals surface area contributed by atoms with Crippen LogP contribution in [-0.4, -0.2) is 12.0 Å². The van der Waals surface area contributed by atoms with Gasteiger partial charge in [0.15, 0.2) is 0 Å². The summed E-state index contributed by atoms with van der Waals surface area (Å²) in [6.07, 6.45) is 0. The zero-order valence-electron chi connectivity index (χ0n) is 10.1. The summed E-state index contributed by atoms with van der Waals surface area (Å²) in [5, 5.41) is 7.08. The average Bonchev–Trinajstić information content (AvgIpc) is 2.81. The van der Waals surface area contributed by atoms with Crippen molar-refractivity contribution in [2.24, 2.45) is 0 Å². The molecular weight excluding hydrogens is 252 g/mol. The van der Waals surface area contributed by atoms with Crippen LogP contribution in [-0.2, 0) is 0 Å². The summed E-state index contributed by atoms with van der Waals surface area (Å²) in [5.41, 5.74) is 3.25. The molecule has 1 atom stereocenters. The number of thiazole rings is 1. The van der Waals surface area contributed by atoms with Gasteiger partial charge in [0.1, 0.15) is 5.01 Å². The molecule has 1 aromatic heterocycles. The lowest BCUT2D eigenvalue weighted by atomic mass is 10.1. The third-order valence-electron chi connectivity index (χ3n) is 2.82. The number of hydrogen-bond donors (Lipinski definition) is 1. The van der Waals surface area contributed by atoms with Crippen LogP contribution in [0.3, 0.4) is 0 Å². The van der Waals surface area contributed by atoms with Crippen LogP contribution in [0.15, 0.2) is 23.6 Å². The number of halogens is 1. The van der Waals surface area contributed by atoms with E-state index in [1.165, 1.54) is 0 Å². The van der Waals surface area contributed by atoms with Gasteiger partial charge in [-0.3, -0.25) is 0 Å². The molecule has 0 aliphatic rings. The minimum atomic E-state index is 0.279. The second kappa shape index (κ2) is 5.17. The number of aromatic nitrogens is 1. The van der Waals surface area contributed by atoms with E-state index in [4.69, 9.17) is 11.6 Å². The molecular formula is C13H15ClN2S. The summed E-state index contributed by atoms with van der Waals surface area (Å²) >= 11 is 7.78. The largest absolute Gasteiger partial charge is 0.312 e. The second-order valence-corrected chi connectivity index (χ2v) is 5.32. The van der Waals surface area contributed by atoms with E-state index in [0.29, 0.717) is 0 Å². The van der Waals surface area contributed by atoms with Gasteiger partial charge < -0.3 is 5.32 Å². The van der Waals surface area contributed by atoms with Crippen LogP contribution >= 0.6 is 22.9 Å². The number of rotatable bonds is 3. The molecule has 0 fully saturated rings. The number of nitrogens with one attached hydrogen (secondary N) is 1. The van der Waals surface area contributed by atoms with Crippen LogP contribution in [0.25, 0.3) is 10.6 Å². The first-order chi connectivity index (χ1) is 8.11. The van der Waals surface area contributed by atoms with Gasteiger partial charge in [0.25, 0.3) is 0 Å². The maximum Gasteiger partial charge on any atom is 0.123 e. The highest BCUT2D eigenvalue weighted by atomic mass is 35.5. The highest BCUT2D eigenvalue weighted by molar-refractivity contribution is 7.13. The summed E-state index contributed by atoms with van der Waals surface area (Å²) in [5.74, 6) is 0. The van der Waals surface area contributed by atoms with E-state index in [0.717, 1.165) is 26.9 Å². The van der Waals surface area contributed by atoms with Crippen LogP contribution in [0.2, 0.25) is 5.02 Å². The highest BCUT2D eigenvalue weighted by Gasteiger charge is 2.10. The van der Waals surface area contributed by atoms with Gasteiger partial charge in [-0.25, -0.2) is 4.98 Å². The zero-order valence-corrected chi connectivity index (χ0v) is 11.7. The number of benzene rings is 1. The van der Waals surface area contributed by atoms with Crippen molar-refractivity contribution >= 4 is 22.9 Å². The number of nitrogens with zero attached hydrogens (tertiary/aromatic N) is 1.